The quantitative estimate of drug-likeness (QED) is 0.781. The third-order valence-electron chi connectivity index (χ3n) is 2.99. The lowest BCUT2D eigenvalue weighted by molar-refractivity contribution is -0.117. The van der Waals surface area contributed by atoms with Crippen LogP contribution in [0.25, 0.3) is 0 Å². The maximum Gasteiger partial charge on any atom is 0.241 e. The average molecular weight is 246 g/mol. The van der Waals surface area contributed by atoms with Gasteiger partial charge >= 0.3 is 0 Å². The van der Waals surface area contributed by atoms with E-state index in [-0.39, 0.29) is 17.7 Å². The molecule has 2 rings (SSSR count). The first kappa shape index (κ1) is 12.8. The van der Waals surface area contributed by atoms with Crippen molar-refractivity contribution in [3.05, 3.63) is 29.8 Å². The Morgan fingerprint density at radius 1 is 1.33 bits per heavy atom. The zero-order chi connectivity index (χ0) is 13.1. The molecule has 1 saturated carbocycles. The van der Waals surface area contributed by atoms with Crippen molar-refractivity contribution in [1.29, 1.82) is 0 Å². The Labute approximate surface area is 107 Å². The van der Waals surface area contributed by atoms with Gasteiger partial charge in [-0.05, 0) is 38.8 Å². The second-order valence-corrected chi connectivity index (χ2v) is 4.79. The summed E-state index contributed by atoms with van der Waals surface area (Å²) in [4.78, 5) is 23.1. The number of rotatable bonds is 5. The second kappa shape index (κ2) is 5.31. The first-order valence-corrected chi connectivity index (χ1v) is 6.24. The highest BCUT2D eigenvalue weighted by Gasteiger charge is 2.25. The van der Waals surface area contributed by atoms with Gasteiger partial charge in [-0.2, -0.15) is 0 Å². The lowest BCUT2D eigenvalue weighted by Gasteiger charge is -2.13. The van der Waals surface area contributed by atoms with E-state index in [1.54, 1.807) is 24.3 Å². The second-order valence-electron chi connectivity index (χ2n) is 4.79. The van der Waals surface area contributed by atoms with Gasteiger partial charge in [-0.15, -0.1) is 0 Å². The molecule has 18 heavy (non-hydrogen) atoms. The first-order chi connectivity index (χ1) is 8.56. The predicted molar refractivity (Wildman–Crippen MR) is 70.7 cm³/mol. The molecule has 1 aromatic rings. The molecule has 1 aliphatic rings. The topological polar surface area (TPSA) is 58.2 Å². The van der Waals surface area contributed by atoms with Crippen molar-refractivity contribution in [2.24, 2.45) is 0 Å². The summed E-state index contributed by atoms with van der Waals surface area (Å²) in [5.74, 6) is -0.0714. The van der Waals surface area contributed by atoms with Gasteiger partial charge in [0.1, 0.15) is 0 Å². The van der Waals surface area contributed by atoms with Crippen molar-refractivity contribution in [2.45, 2.75) is 38.8 Å². The molecule has 0 saturated heterocycles. The summed E-state index contributed by atoms with van der Waals surface area (Å²) in [5, 5.41) is 6.05. The summed E-state index contributed by atoms with van der Waals surface area (Å²) in [6, 6.07) is 7.28. The minimum Gasteiger partial charge on any atom is -0.325 e. The smallest absolute Gasteiger partial charge is 0.241 e. The summed E-state index contributed by atoms with van der Waals surface area (Å²) in [6.07, 6.45) is 2.30. The Hall–Kier alpha value is -1.68. The van der Waals surface area contributed by atoms with Crippen LogP contribution >= 0.6 is 0 Å². The zero-order valence-corrected chi connectivity index (χ0v) is 10.7. The van der Waals surface area contributed by atoms with E-state index in [9.17, 15) is 9.59 Å². The molecule has 0 aromatic heterocycles. The summed E-state index contributed by atoms with van der Waals surface area (Å²) < 4.78 is 0. The molecule has 0 heterocycles. The Morgan fingerprint density at radius 3 is 2.67 bits per heavy atom. The summed E-state index contributed by atoms with van der Waals surface area (Å²) in [5.41, 5.74) is 1.27. The summed E-state index contributed by atoms with van der Waals surface area (Å²) in [6.45, 7) is 3.36. The molecule has 2 N–H and O–H groups in total. The number of anilines is 1. The first-order valence-electron chi connectivity index (χ1n) is 6.24. The standard InChI is InChI=1S/C14H18N2O2/c1-9(15-12-6-7-12)14(18)16-13-5-3-4-11(8-13)10(2)17/h3-5,8-9,12,15H,6-7H2,1-2H3,(H,16,18). The zero-order valence-electron chi connectivity index (χ0n) is 10.7. The number of carbonyl (C=O) groups excluding carboxylic acids is 2. The van der Waals surface area contributed by atoms with Crippen LogP contribution in [0.5, 0.6) is 0 Å². The van der Waals surface area contributed by atoms with Crippen molar-refractivity contribution in [3.8, 4) is 0 Å². The Morgan fingerprint density at radius 2 is 2.06 bits per heavy atom. The highest BCUT2D eigenvalue weighted by atomic mass is 16.2. The third kappa shape index (κ3) is 3.40. The number of amides is 1. The van der Waals surface area contributed by atoms with Crippen molar-refractivity contribution >= 4 is 17.4 Å². The van der Waals surface area contributed by atoms with E-state index in [0.29, 0.717) is 17.3 Å². The largest absolute Gasteiger partial charge is 0.325 e. The van der Waals surface area contributed by atoms with E-state index in [2.05, 4.69) is 10.6 Å². The Bertz CT molecular complexity index is 467. The molecule has 0 aliphatic heterocycles. The SMILES string of the molecule is CC(=O)c1cccc(NC(=O)C(C)NC2CC2)c1. The molecule has 1 amide bonds. The van der Waals surface area contributed by atoms with Crippen LogP contribution in [0.3, 0.4) is 0 Å². The van der Waals surface area contributed by atoms with E-state index in [1.807, 2.05) is 6.92 Å². The molecule has 0 bridgehead atoms. The van der Waals surface area contributed by atoms with Gasteiger partial charge < -0.3 is 10.6 Å². The van der Waals surface area contributed by atoms with Gasteiger partial charge in [-0.25, -0.2) is 0 Å². The molecule has 0 radical (unpaired) electrons. The maximum atomic E-state index is 11.9. The lowest BCUT2D eigenvalue weighted by Crippen LogP contribution is -2.39. The van der Waals surface area contributed by atoms with Gasteiger partial charge in [0.25, 0.3) is 0 Å². The highest BCUT2D eigenvalue weighted by Crippen LogP contribution is 2.19. The van der Waals surface area contributed by atoms with Crippen LogP contribution in [0.4, 0.5) is 5.69 Å². The molecule has 1 unspecified atom stereocenters. The Kier molecular flexibility index (Phi) is 3.77. The molecule has 1 fully saturated rings. The van der Waals surface area contributed by atoms with Gasteiger partial charge in [0.2, 0.25) is 5.91 Å². The van der Waals surface area contributed by atoms with E-state index < -0.39 is 0 Å². The fourth-order valence-electron chi connectivity index (χ4n) is 1.75. The number of nitrogens with one attached hydrogen (secondary N) is 2. The predicted octanol–water partition coefficient (Wildman–Crippen LogP) is 1.97. The summed E-state index contributed by atoms with van der Waals surface area (Å²) >= 11 is 0. The van der Waals surface area contributed by atoms with Crippen LogP contribution in [0.2, 0.25) is 0 Å². The molecular formula is C14H18N2O2. The van der Waals surface area contributed by atoms with Gasteiger partial charge in [0.05, 0.1) is 6.04 Å². The summed E-state index contributed by atoms with van der Waals surface area (Å²) in [7, 11) is 0. The molecule has 96 valence electrons. The van der Waals surface area contributed by atoms with Crippen LogP contribution in [0, 0.1) is 0 Å². The number of hydrogen-bond acceptors (Lipinski definition) is 3. The Balaban J connectivity index is 1.97. The molecular weight excluding hydrogens is 228 g/mol. The van der Waals surface area contributed by atoms with E-state index in [0.717, 1.165) is 12.8 Å². The minimum absolute atomic E-state index is 0.00440. The van der Waals surface area contributed by atoms with E-state index in [4.69, 9.17) is 0 Å². The molecule has 1 aromatic carbocycles. The number of ketones is 1. The fourth-order valence-corrected chi connectivity index (χ4v) is 1.75. The minimum atomic E-state index is -0.210. The van der Waals surface area contributed by atoms with Gasteiger partial charge in [-0.3, -0.25) is 9.59 Å². The number of Topliss-reactive ketones (excluding diaryl/α,β-unsaturated/α-hetero) is 1. The van der Waals surface area contributed by atoms with Crippen LogP contribution < -0.4 is 10.6 Å². The number of benzene rings is 1. The van der Waals surface area contributed by atoms with Crippen molar-refractivity contribution < 1.29 is 9.59 Å². The van der Waals surface area contributed by atoms with Crippen LogP contribution in [0.15, 0.2) is 24.3 Å². The number of hydrogen-bond donors (Lipinski definition) is 2. The fraction of sp³-hybridized carbons (Fsp3) is 0.429. The van der Waals surface area contributed by atoms with E-state index >= 15 is 0 Å². The van der Waals surface area contributed by atoms with Crippen molar-refractivity contribution in [3.63, 3.8) is 0 Å². The highest BCUT2D eigenvalue weighted by molar-refractivity contribution is 5.98. The maximum absolute atomic E-state index is 11.9. The molecule has 4 nitrogen and oxygen atoms in total. The monoisotopic (exact) mass is 246 g/mol. The van der Waals surface area contributed by atoms with Crippen molar-refractivity contribution in [1.82, 2.24) is 5.32 Å². The molecule has 4 heteroatoms. The molecule has 0 spiro atoms. The van der Waals surface area contributed by atoms with Crippen LogP contribution in [-0.4, -0.2) is 23.8 Å². The van der Waals surface area contributed by atoms with Crippen molar-refractivity contribution in [2.75, 3.05) is 5.32 Å². The van der Waals surface area contributed by atoms with Gasteiger partial charge in [-0.1, -0.05) is 12.1 Å². The van der Waals surface area contributed by atoms with Crippen LogP contribution in [-0.2, 0) is 4.79 Å². The number of carbonyl (C=O) groups is 2. The van der Waals surface area contributed by atoms with Crippen LogP contribution in [0.1, 0.15) is 37.0 Å². The van der Waals surface area contributed by atoms with Gasteiger partial charge in [0, 0.05) is 17.3 Å². The third-order valence-corrected chi connectivity index (χ3v) is 2.99. The van der Waals surface area contributed by atoms with Gasteiger partial charge in [0.15, 0.2) is 5.78 Å². The molecule has 1 atom stereocenters. The normalized spacial score (nSPS) is 16.1. The lowest BCUT2D eigenvalue weighted by atomic mass is 10.1. The van der Waals surface area contributed by atoms with E-state index in [1.165, 1.54) is 6.92 Å². The molecule has 1 aliphatic carbocycles. The average Bonchev–Trinajstić information content (AvgIpc) is 3.13.